The molecule has 88 valence electrons. The Morgan fingerprint density at radius 1 is 1.38 bits per heavy atom. The minimum Gasteiger partial charge on any atom is -0.393 e. The molecule has 0 radical (unpaired) electrons. The second-order valence-corrected chi connectivity index (χ2v) is 4.46. The van der Waals surface area contributed by atoms with E-state index in [0.29, 0.717) is 4.99 Å². The fraction of sp³-hybridized carbons (Fsp3) is 0.462. The summed E-state index contributed by atoms with van der Waals surface area (Å²) in [6.07, 6.45) is 1.86. The van der Waals surface area contributed by atoms with Crippen LogP contribution < -0.4 is 10.6 Å². The van der Waals surface area contributed by atoms with Crippen molar-refractivity contribution in [3.63, 3.8) is 0 Å². The molecule has 2 N–H and O–H groups in total. The molecule has 16 heavy (non-hydrogen) atoms. The third-order valence-electron chi connectivity index (χ3n) is 2.69. The van der Waals surface area contributed by atoms with E-state index in [1.165, 1.54) is 11.3 Å². The molecule has 0 unspecified atom stereocenters. The molecule has 1 aromatic rings. The molecule has 3 heteroatoms. The number of hydrogen-bond acceptors (Lipinski definition) is 2. The number of hydrogen-bond donors (Lipinski definition) is 1. The number of para-hydroxylation sites is 1. The topological polar surface area (TPSA) is 29.3 Å². The van der Waals surface area contributed by atoms with Crippen molar-refractivity contribution in [2.24, 2.45) is 5.73 Å². The van der Waals surface area contributed by atoms with Crippen LogP contribution in [-0.4, -0.2) is 18.1 Å². The Morgan fingerprint density at radius 3 is 2.62 bits per heavy atom. The molecule has 0 bridgehead atoms. The Kier molecular flexibility index (Phi) is 5.26. The van der Waals surface area contributed by atoms with Gasteiger partial charge < -0.3 is 10.6 Å². The summed E-state index contributed by atoms with van der Waals surface area (Å²) in [5.74, 6) is 0. The predicted molar refractivity (Wildman–Crippen MR) is 75.1 cm³/mol. The molecule has 0 aliphatic carbocycles. The summed E-state index contributed by atoms with van der Waals surface area (Å²) >= 11 is 4.89. The number of thiocarbonyl (C=S) groups is 1. The van der Waals surface area contributed by atoms with Crippen molar-refractivity contribution < 1.29 is 0 Å². The molecule has 0 atom stereocenters. The highest BCUT2D eigenvalue weighted by Crippen LogP contribution is 2.19. The van der Waals surface area contributed by atoms with Gasteiger partial charge in [0.15, 0.2) is 0 Å². The fourth-order valence-electron chi connectivity index (χ4n) is 1.81. The molecular weight excluding hydrogens is 216 g/mol. The highest BCUT2D eigenvalue weighted by Gasteiger charge is 2.06. The van der Waals surface area contributed by atoms with Crippen LogP contribution in [-0.2, 0) is 0 Å². The molecule has 0 saturated heterocycles. The second-order valence-electron chi connectivity index (χ2n) is 3.94. The number of aryl methyl sites for hydroxylation is 1. The van der Waals surface area contributed by atoms with E-state index in [4.69, 9.17) is 18.0 Å². The molecule has 0 aliphatic rings. The summed E-state index contributed by atoms with van der Waals surface area (Å²) in [7, 11) is 0. The lowest BCUT2D eigenvalue weighted by Crippen LogP contribution is -2.25. The molecular formula is C13H20N2S. The molecule has 0 heterocycles. The third-order valence-corrected chi connectivity index (χ3v) is 2.89. The van der Waals surface area contributed by atoms with E-state index in [-0.39, 0.29) is 0 Å². The first-order chi connectivity index (χ1) is 7.65. The van der Waals surface area contributed by atoms with E-state index in [1.54, 1.807) is 0 Å². The van der Waals surface area contributed by atoms with Gasteiger partial charge >= 0.3 is 0 Å². The summed E-state index contributed by atoms with van der Waals surface area (Å²) in [5.41, 5.74) is 8.13. The maximum Gasteiger partial charge on any atom is 0.0728 e. The molecule has 0 saturated carbocycles. The van der Waals surface area contributed by atoms with Crippen molar-refractivity contribution in [3.05, 3.63) is 29.8 Å². The van der Waals surface area contributed by atoms with Crippen molar-refractivity contribution >= 4 is 22.9 Å². The summed E-state index contributed by atoms with van der Waals surface area (Å²) in [4.78, 5) is 2.98. The first-order valence-electron chi connectivity index (χ1n) is 5.74. The maximum absolute atomic E-state index is 5.50. The van der Waals surface area contributed by atoms with Crippen LogP contribution in [0.15, 0.2) is 24.3 Å². The van der Waals surface area contributed by atoms with Crippen LogP contribution in [0.5, 0.6) is 0 Å². The van der Waals surface area contributed by atoms with Gasteiger partial charge in [-0.3, -0.25) is 0 Å². The number of anilines is 1. The Labute approximate surface area is 103 Å². The van der Waals surface area contributed by atoms with Gasteiger partial charge in [-0.2, -0.15) is 0 Å². The van der Waals surface area contributed by atoms with E-state index in [0.717, 1.165) is 25.9 Å². The predicted octanol–water partition coefficient (Wildman–Crippen LogP) is 2.89. The van der Waals surface area contributed by atoms with Gasteiger partial charge in [-0.25, -0.2) is 0 Å². The zero-order valence-corrected chi connectivity index (χ0v) is 10.9. The van der Waals surface area contributed by atoms with Gasteiger partial charge in [-0.1, -0.05) is 30.4 Å². The van der Waals surface area contributed by atoms with Crippen LogP contribution in [0.25, 0.3) is 0 Å². The smallest absolute Gasteiger partial charge is 0.0728 e. The lowest BCUT2D eigenvalue weighted by molar-refractivity contribution is 0.766. The number of nitrogens with two attached hydrogens (primary N) is 1. The Balaban J connectivity index is 2.60. The van der Waals surface area contributed by atoms with Gasteiger partial charge in [0.05, 0.1) is 4.99 Å². The maximum atomic E-state index is 5.50. The van der Waals surface area contributed by atoms with E-state index in [9.17, 15) is 0 Å². The van der Waals surface area contributed by atoms with E-state index in [2.05, 4.69) is 43.0 Å². The minimum absolute atomic E-state index is 0.612. The average Bonchev–Trinajstić information content (AvgIpc) is 2.25. The monoisotopic (exact) mass is 236 g/mol. The van der Waals surface area contributed by atoms with Crippen LogP contribution in [0.4, 0.5) is 5.69 Å². The lowest BCUT2D eigenvalue weighted by Gasteiger charge is -2.24. The first kappa shape index (κ1) is 13.0. The second kappa shape index (κ2) is 6.48. The molecule has 2 nitrogen and oxygen atoms in total. The molecule has 1 rings (SSSR count). The van der Waals surface area contributed by atoms with Crippen molar-refractivity contribution in [1.82, 2.24) is 0 Å². The van der Waals surface area contributed by atoms with Crippen LogP contribution in [0, 0.1) is 6.92 Å². The lowest BCUT2D eigenvalue weighted by atomic mass is 10.1. The standard InChI is InChI=1S/C13H20N2S/c1-3-15(10-6-9-13(14)16)12-8-5-4-7-11(12)2/h4-5,7-8H,3,6,9-10H2,1-2H3,(H2,14,16). The van der Waals surface area contributed by atoms with Crippen molar-refractivity contribution in [2.75, 3.05) is 18.0 Å². The van der Waals surface area contributed by atoms with Gasteiger partial charge in [-0.15, -0.1) is 0 Å². The van der Waals surface area contributed by atoms with Crippen LogP contribution in [0.1, 0.15) is 25.3 Å². The Morgan fingerprint density at radius 2 is 2.06 bits per heavy atom. The molecule has 0 fully saturated rings. The van der Waals surface area contributed by atoms with Crippen molar-refractivity contribution in [1.29, 1.82) is 0 Å². The quantitative estimate of drug-likeness (QED) is 0.770. The van der Waals surface area contributed by atoms with Crippen LogP contribution in [0.3, 0.4) is 0 Å². The van der Waals surface area contributed by atoms with Gasteiger partial charge in [0, 0.05) is 18.8 Å². The Bertz CT molecular complexity index is 350. The highest BCUT2D eigenvalue weighted by atomic mass is 32.1. The molecule has 0 amide bonds. The number of benzene rings is 1. The van der Waals surface area contributed by atoms with E-state index in [1.807, 2.05) is 0 Å². The zero-order valence-electron chi connectivity index (χ0n) is 10.1. The van der Waals surface area contributed by atoms with Crippen LogP contribution in [0.2, 0.25) is 0 Å². The minimum atomic E-state index is 0.612. The first-order valence-corrected chi connectivity index (χ1v) is 6.15. The molecule has 0 aromatic heterocycles. The largest absolute Gasteiger partial charge is 0.393 e. The number of rotatable bonds is 6. The fourth-order valence-corrected chi connectivity index (χ4v) is 1.96. The number of nitrogens with zero attached hydrogens (tertiary/aromatic N) is 1. The van der Waals surface area contributed by atoms with Gasteiger partial charge in [0.25, 0.3) is 0 Å². The summed E-state index contributed by atoms with van der Waals surface area (Å²) in [6, 6.07) is 8.46. The highest BCUT2D eigenvalue weighted by molar-refractivity contribution is 7.80. The van der Waals surface area contributed by atoms with Gasteiger partial charge in [0.1, 0.15) is 0 Å². The summed E-state index contributed by atoms with van der Waals surface area (Å²) < 4.78 is 0. The zero-order chi connectivity index (χ0) is 12.0. The average molecular weight is 236 g/mol. The van der Waals surface area contributed by atoms with Gasteiger partial charge in [-0.05, 0) is 38.3 Å². The van der Waals surface area contributed by atoms with Crippen molar-refractivity contribution in [2.45, 2.75) is 26.7 Å². The summed E-state index contributed by atoms with van der Waals surface area (Å²) in [5, 5.41) is 0. The van der Waals surface area contributed by atoms with E-state index < -0.39 is 0 Å². The molecule has 1 aromatic carbocycles. The Hall–Kier alpha value is -1.09. The van der Waals surface area contributed by atoms with E-state index >= 15 is 0 Å². The normalized spacial score (nSPS) is 10.1. The SMILES string of the molecule is CCN(CCCC(N)=S)c1ccccc1C. The van der Waals surface area contributed by atoms with Crippen LogP contribution >= 0.6 is 12.2 Å². The summed E-state index contributed by atoms with van der Waals surface area (Å²) in [6.45, 7) is 6.35. The molecule has 0 spiro atoms. The van der Waals surface area contributed by atoms with Gasteiger partial charge in [0.2, 0.25) is 0 Å². The molecule has 0 aliphatic heterocycles. The van der Waals surface area contributed by atoms with Crippen molar-refractivity contribution in [3.8, 4) is 0 Å². The third kappa shape index (κ3) is 3.81.